The van der Waals surface area contributed by atoms with Crippen LogP contribution in [0.15, 0.2) is 72.8 Å². The second-order valence-corrected chi connectivity index (χ2v) is 6.64. The number of carboxylic acid groups (broad SMARTS) is 1. The topological polar surface area (TPSA) is 55.8 Å². The summed E-state index contributed by atoms with van der Waals surface area (Å²) in [6.45, 7) is 0.704. The maximum atomic E-state index is 10.8. The highest BCUT2D eigenvalue weighted by molar-refractivity contribution is 6.30. The van der Waals surface area contributed by atoms with E-state index in [-0.39, 0.29) is 6.42 Å². The molecule has 0 amide bonds. The smallest absolute Gasteiger partial charge is 0.303 e. The van der Waals surface area contributed by atoms with Gasteiger partial charge in [-0.15, -0.1) is 0 Å². The van der Waals surface area contributed by atoms with Gasteiger partial charge in [-0.3, -0.25) is 4.79 Å². The van der Waals surface area contributed by atoms with Crippen LogP contribution in [0.3, 0.4) is 0 Å². The van der Waals surface area contributed by atoms with E-state index in [1.807, 2.05) is 54.6 Å². The summed E-state index contributed by atoms with van der Waals surface area (Å²) in [6, 6.07) is 23.2. The van der Waals surface area contributed by atoms with Gasteiger partial charge >= 0.3 is 5.97 Å². The van der Waals surface area contributed by atoms with Crippen molar-refractivity contribution in [3.8, 4) is 22.6 Å². The molecule has 0 radical (unpaired) electrons. The first kappa shape index (κ1) is 19.8. The maximum absolute atomic E-state index is 10.8. The van der Waals surface area contributed by atoms with E-state index >= 15 is 0 Å². The van der Waals surface area contributed by atoms with E-state index in [0.717, 1.165) is 22.4 Å². The molecule has 3 rings (SSSR count). The molecule has 0 aliphatic heterocycles. The Balaban J connectivity index is 1.61. The molecule has 3 aromatic rings. The van der Waals surface area contributed by atoms with Crippen LogP contribution in [0.5, 0.6) is 11.5 Å². The first-order chi connectivity index (χ1) is 13.6. The van der Waals surface area contributed by atoms with Crippen LogP contribution in [0.2, 0.25) is 5.02 Å². The minimum absolute atomic E-state index is 0.0254. The lowest BCUT2D eigenvalue weighted by Crippen LogP contribution is -2.11. The van der Waals surface area contributed by atoms with Crippen molar-refractivity contribution in [2.75, 3.05) is 13.2 Å². The van der Waals surface area contributed by atoms with Crippen molar-refractivity contribution in [2.24, 2.45) is 0 Å². The normalized spacial score (nSPS) is 10.5. The van der Waals surface area contributed by atoms with Gasteiger partial charge in [-0.1, -0.05) is 60.1 Å². The summed E-state index contributed by atoms with van der Waals surface area (Å²) in [4.78, 5) is 10.8. The molecule has 144 valence electrons. The van der Waals surface area contributed by atoms with Gasteiger partial charge in [0.25, 0.3) is 0 Å². The Morgan fingerprint density at radius 2 is 1.54 bits per heavy atom. The molecule has 0 aliphatic rings. The summed E-state index contributed by atoms with van der Waals surface area (Å²) in [7, 11) is 0. The monoisotopic (exact) mass is 396 g/mol. The third-order valence-corrected chi connectivity index (χ3v) is 4.44. The number of para-hydroxylation sites is 1. The van der Waals surface area contributed by atoms with E-state index in [4.69, 9.17) is 26.2 Å². The van der Waals surface area contributed by atoms with Gasteiger partial charge in [-0.05, 0) is 41.8 Å². The van der Waals surface area contributed by atoms with E-state index < -0.39 is 5.97 Å². The van der Waals surface area contributed by atoms with Gasteiger partial charge in [0, 0.05) is 17.0 Å². The molecule has 0 atom stereocenters. The number of hydrogen-bond acceptors (Lipinski definition) is 3. The van der Waals surface area contributed by atoms with Crippen molar-refractivity contribution in [3.05, 3.63) is 83.4 Å². The van der Waals surface area contributed by atoms with E-state index in [0.29, 0.717) is 30.4 Å². The minimum Gasteiger partial charge on any atom is -0.490 e. The molecule has 0 unspecified atom stereocenters. The van der Waals surface area contributed by atoms with Crippen molar-refractivity contribution < 1.29 is 19.4 Å². The van der Waals surface area contributed by atoms with Gasteiger partial charge in [0.1, 0.15) is 24.7 Å². The quantitative estimate of drug-likeness (QED) is 0.486. The van der Waals surface area contributed by atoms with Gasteiger partial charge in [-0.25, -0.2) is 0 Å². The molecule has 0 heterocycles. The molecule has 28 heavy (non-hydrogen) atoms. The molecule has 0 aromatic heterocycles. The summed E-state index contributed by atoms with van der Waals surface area (Å²) in [5.74, 6) is 0.567. The molecule has 0 aliphatic carbocycles. The van der Waals surface area contributed by atoms with Crippen LogP contribution in [0.1, 0.15) is 12.0 Å². The molecule has 0 spiro atoms. The molecule has 0 bridgehead atoms. The molecule has 0 fully saturated rings. The summed E-state index contributed by atoms with van der Waals surface area (Å²) in [5.41, 5.74) is 2.89. The van der Waals surface area contributed by atoms with Crippen LogP contribution in [-0.4, -0.2) is 24.3 Å². The third-order valence-electron chi connectivity index (χ3n) is 4.20. The first-order valence-corrected chi connectivity index (χ1v) is 9.41. The highest BCUT2D eigenvalue weighted by atomic mass is 35.5. The zero-order valence-electron chi connectivity index (χ0n) is 15.3. The molecular weight excluding hydrogens is 376 g/mol. The fourth-order valence-corrected chi connectivity index (χ4v) is 3.07. The van der Waals surface area contributed by atoms with Gasteiger partial charge < -0.3 is 14.6 Å². The molecule has 0 saturated heterocycles. The Morgan fingerprint density at radius 1 is 0.857 bits per heavy atom. The number of aliphatic carboxylic acids is 1. The zero-order chi connectivity index (χ0) is 19.8. The zero-order valence-corrected chi connectivity index (χ0v) is 16.1. The highest BCUT2D eigenvalue weighted by Gasteiger charge is 2.09. The summed E-state index contributed by atoms with van der Waals surface area (Å²) in [6.07, 6.45) is 0.389. The SMILES string of the molecule is O=C(O)CCc1cc(Cl)ccc1OCCOc1ccccc1-c1ccccc1. The molecule has 0 saturated carbocycles. The van der Waals surface area contributed by atoms with Crippen molar-refractivity contribution >= 4 is 17.6 Å². The Labute approximate surface area is 169 Å². The van der Waals surface area contributed by atoms with E-state index in [1.165, 1.54) is 0 Å². The van der Waals surface area contributed by atoms with Crippen LogP contribution < -0.4 is 9.47 Å². The van der Waals surface area contributed by atoms with Gasteiger partial charge in [0.05, 0.1) is 0 Å². The summed E-state index contributed by atoms with van der Waals surface area (Å²) in [5, 5.41) is 9.46. The van der Waals surface area contributed by atoms with Crippen molar-refractivity contribution in [1.29, 1.82) is 0 Å². The number of aryl methyl sites for hydroxylation is 1. The Morgan fingerprint density at radius 3 is 2.29 bits per heavy atom. The number of carbonyl (C=O) groups is 1. The second kappa shape index (κ2) is 9.81. The average molecular weight is 397 g/mol. The standard InChI is InChI=1S/C23H21ClO4/c24-19-11-12-21(18(16-19)10-13-23(25)26)27-14-15-28-22-9-5-4-8-20(22)17-6-2-1-3-7-17/h1-9,11-12,16H,10,13-15H2,(H,25,26). The predicted molar refractivity (Wildman–Crippen MR) is 110 cm³/mol. The van der Waals surface area contributed by atoms with Gasteiger partial charge in [-0.2, -0.15) is 0 Å². The average Bonchev–Trinajstić information content (AvgIpc) is 2.71. The highest BCUT2D eigenvalue weighted by Crippen LogP contribution is 2.29. The molecule has 3 aromatic carbocycles. The Hall–Kier alpha value is -2.98. The predicted octanol–water partition coefficient (Wildman–Crippen LogP) is 5.48. The molecular formula is C23H21ClO4. The Bertz CT molecular complexity index is 925. The second-order valence-electron chi connectivity index (χ2n) is 6.20. The Kier molecular flexibility index (Phi) is 6.93. The number of halogens is 1. The number of benzene rings is 3. The number of hydrogen-bond donors (Lipinski definition) is 1. The van der Waals surface area contributed by atoms with E-state index in [9.17, 15) is 4.79 Å². The lowest BCUT2D eigenvalue weighted by atomic mass is 10.1. The first-order valence-electron chi connectivity index (χ1n) is 9.04. The lowest BCUT2D eigenvalue weighted by Gasteiger charge is -2.14. The van der Waals surface area contributed by atoms with Gasteiger partial charge in [0.15, 0.2) is 0 Å². The number of ether oxygens (including phenoxy) is 2. The van der Waals surface area contributed by atoms with E-state index in [2.05, 4.69) is 0 Å². The van der Waals surface area contributed by atoms with Crippen LogP contribution >= 0.6 is 11.6 Å². The lowest BCUT2D eigenvalue weighted by molar-refractivity contribution is -0.136. The molecule has 1 N–H and O–H groups in total. The van der Waals surface area contributed by atoms with Crippen LogP contribution in [0, 0.1) is 0 Å². The van der Waals surface area contributed by atoms with Crippen molar-refractivity contribution in [2.45, 2.75) is 12.8 Å². The van der Waals surface area contributed by atoms with Crippen LogP contribution in [-0.2, 0) is 11.2 Å². The van der Waals surface area contributed by atoms with Crippen LogP contribution in [0.25, 0.3) is 11.1 Å². The van der Waals surface area contributed by atoms with Gasteiger partial charge in [0.2, 0.25) is 0 Å². The maximum Gasteiger partial charge on any atom is 0.303 e. The fourth-order valence-electron chi connectivity index (χ4n) is 2.88. The van der Waals surface area contributed by atoms with Crippen LogP contribution in [0.4, 0.5) is 0 Å². The minimum atomic E-state index is -0.855. The number of rotatable bonds is 9. The summed E-state index contributed by atoms with van der Waals surface area (Å²) >= 11 is 6.02. The van der Waals surface area contributed by atoms with E-state index in [1.54, 1.807) is 18.2 Å². The molecule has 5 heteroatoms. The fraction of sp³-hybridized carbons (Fsp3) is 0.174. The van der Waals surface area contributed by atoms with Crippen molar-refractivity contribution in [3.63, 3.8) is 0 Å². The molecule has 4 nitrogen and oxygen atoms in total. The van der Waals surface area contributed by atoms with Crippen molar-refractivity contribution in [1.82, 2.24) is 0 Å². The number of carboxylic acids is 1. The third kappa shape index (κ3) is 5.51. The largest absolute Gasteiger partial charge is 0.490 e. The summed E-state index contributed by atoms with van der Waals surface area (Å²) < 4.78 is 11.7.